The van der Waals surface area contributed by atoms with Crippen LogP contribution in [0.25, 0.3) is 0 Å². The van der Waals surface area contributed by atoms with E-state index in [0.717, 1.165) is 5.92 Å². The van der Waals surface area contributed by atoms with E-state index in [-0.39, 0.29) is 19.5 Å². The van der Waals surface area contributed by atoms with Gasteiger partial charge in [-0.1, -0.05) is 85.0 Å². The molecular weight excluding hydrogens is 282 g/mol. The van der Waals surface area contributed by atoms with Crippen LogP contribution in [0.4, 0.5) is 0 Å². The Morgan fingerprint density at radius 3 is 1.68 bits per heavy atom. The average Bonchev–Trinajstić information content (AvgIpc) is 2.43. The van der Waals surface area contributed by atoms with Crippen molar-refractivity contribution < 1.29 is 19.5 Å². The van der Waals surface area contributed by atoms with Gasteiger partial charge in [0.2, 0.25) is 0 Å². The molecular formula is C18H38Zn. The van der Waals surface area contributed by atoms with E-state index < -0.39 is 0 Å². The van der Waals surface area contributed by atoms with E-state index in [0.29, 0.717) is 5.92 Å². The first-order valence-electron chi connectivity index (χ1n) is 8.28. The molecule has 0 nitrogen and oxygen atoms in total. The Morgan fingerprint density at radius 1 is 0.737 bits per heavy atom. The fraction of sp³-hybridized carbons (Fsp3) is 0.889. The van der Waals surface area contributed by atoms with Crippen molar-refractivity contribution in [3.05, 3.63) is 13.8 Å². The van der Waals surface area contributed by atoms with Crippen LogP contribution in [0.5, 0.6) is 0 Å². The van der Waals surface area contributed by atoms with Gasteiger partial charge in [0.1, 0.15) is 0 Å². The van der Waals surface area contributed by atoms with Crippen molar-refractivity contribution in [1.82, 2.24) is 0 Å². The minimum atomic E-state index is 0. The fourth-order valence-corrected chi connectivity index (χ4v) is 2.38. The van der Waals surface area contributed by atoms with E-state index in [2.05, 4.69) is 34.6 Å². The second-order valence-electron chi connectivity index (χ2n) is 5.33. The van der Waals surface area contributed by atoms with Gasteiger partial charge in [-0.05, 0) is 5.92 Å². The minimum absolute atomic E-state index is 0. The Kier molecular flexibility index (Phi) is 27.1. The van der Waals surface area contributed by atoms with E-state index in [4.69, 9.17) is 0 Å². The summed E-state index contributed by atoms with van der Waals surface area (Å²) in [6.07, 6.45) is 13.9. The molecule has 0 saturated carbocycles. The number of unbranched alkanes of at least 4 members (excludes halogenated alkanes) is 3. The van der Waals surface area contributed by atoms with Crippen LogP contribution in [0.15, 0.2) is 0 Å². The van der Waals surface area contributed by atoms with Crippen LogP contribution in [0, 0.1) is 25.7 Å². The molecule has 0 N–H and O–H groups in total. The van der Waals surface area contributed by atoms with Crippen LogP contribution >= 0.6 is 0 Å². The van der Waals surface area contributed by atoms with Crippen molar-refractivity contribution in [2.75, 3.05) is 0 Å². The molecule has 0 rings (SSSR count). The first-order valence-corrected chi connectivity index (χ1v) is 8.28. The molecule has 0 aromatic carbocycles. The van der Waals surface area contributed by atoms with E-state index in [9.17, 15) is 0 Å². The van der Waals surface area contributed by atoms with Crippen molar-refractivity contribution in [2.24, 2.45) is 11.8 Å². The van der Waals surface area contributed by atoms with Crippen molar-refractivity contribution in [3.8, 4) is 0 Å². The first-order chi connectivity index (χ1) is 8.74. The van der Waals surface area contributed by atoms with Gasteiger partial charge in [-0.3, -0.25) is 0 Å². The Balaban J connectivity index is -0.000000809. The zero-order valence-corrected chi connectivity index (χ0v) is 17.3. The summed E-state index contributed by atoms with van der Waals surface area (Å²) >= 11 is 0. The Hall–Kier alpha value is 0.623. The topological polar surface area (TPSA) is 0 Å². The van der Waals surface area contributed by atoms with Crippen LogP contribution in [0.3, 0.4) is 0 Å². The van der Waals surface area contributed by atoms with Crippen LogP contribution in [0.2, 0.25) is 0 Å². The Bertz CT molecular complexity index is 134. The number of rotatable bonds is 11. The molecule has 0 radical (unpaired) electrons. The number of hydrogen-bond donors (Lipinski definition) is 0. The summed E-state index contributed by atoms with van der Waals surface area (Å²) in [6, 6.07) is 0. The second kappa shape index (κ2) is 20.9. The molecule has 1 heteroatoms. The monoisotopic (exact) mass is 318 g/mol. The third kappa shape index (κ3) is 18.6. The molecule has 112 valence electrons. The van der Waals surface area contributed by atoms with Crippen molar-refractivity contribution in [3.63, 3.8) is 0 Å². The average molecular weight is 320 g/mol. The van der Waals surface area contributed by atoms with E-state index in [1.165, 1.54) is 64.2 Å². The second-order valence-corrected chi connectivity index (χ2v) is 5.33. The van der Waals surface area contributed by atoms with E-state index in [1.54, 1.807) is 6.92 Å². The molecule has 2 unspecified atom stereocenters. The van der Waals surface area contributed by atoms with Crippen molar-refractivity contribution >= 4 is 0 Å². The molecule has 0 saturated heterocycles. The predicted octanol–water partition coefficient (Wildman–Crippen LogP) is 6.85. The van der Waals surface area contributed by atoms with Gasteiger partial charge in [-0.15, -0.1) is 0 Å². The third-order valence-corrected chi connectivity index (χ3v) is 3.83. The SMILES string of the molecule is [CH2-]C.[CH2-]C(CC)CCCCCCC(CC)CCC.[Zn+2]. The van der Waals surface area contributed by atoms with Crippen LogP contribution in [-0.2, 0) is 19.5 Å². The zero-order valence-electron chi connectivity index (χ0n) is 14.3. The standard InChI is InChI=1S/C16H33.C2H5.Zn/c1-5-12-16(7-3)14-11-9-8-10-13-15(4)6-2;1-2;/h15-16H,4-14H2,1-3H3;1H2,2H3;/q2*-1;+2. The summed E-state index contributed by atoms with van der Waals surface area (Å²) in [5.74, 6) is 1.70. The summed E-state index contributed by atoms with van der Waals surface area (Å²) in [4.78, 5) is 0. The zero-order chi connectivity index (χ0) is 14.2. The van der Waals surface area contributed by atoms with Gasteiger partial charge in [0.05, 0.1) is 0 Å². The molecule has 0 aromatic rings. The predicted molar refractivity (Wildman–Crippen MR) is 86.6 cm³/mol. The quantitative estimate of drug-likeness (QED) is 0.222. The Morgan fingerprint density at radius 2 is 1.26 bits per heavy atom. The molecule has 0 amide bonds. The largest absolute Gasteiger partial charge is 2.00 e. The van der Waals surface area contributed by atoms with Crippen LogP contribution in [0.1, 0.15) is 91.9 Å². The van der Waals surface area contributed by atoms with Gasteiger partial charge in [0.25, 0.3) is 0 Å². The van der Waals surface area contributed by atoms with Crippen molar-refractivity contribution in [1.29, 1.82) is 0 Å². The van der Waals surface area contributed by atoms with E-state index in [1.807, 2.05) is 0 Å². The third-order valence-electron chi connectivity index (χ3n) is 3.83. The molecule has 2 atom stereocenters. The minimum Gasteiger partial charge on any atom is -0.346 e. The summed E-state index contributed by atoms with van der Waals surface area (Å²) < 4.78 is 0. The smallest absolute Gasteiger partial charge is 0.346 e. The van der Waals surface area contributed by atoms with Gasteiger partial charge in [0, 0.05) is 0 Å². The number of hydrogen-bond acceptors (Lipinski definition) is 0. The maximum absolute atomic E-state index is 4.14. The summed E-state index contributed by atoms with van der Waals surface area (Å²) in [5.41, 5.74) is 0. The Labute approximate surface area is 137 Å². The van der Waals surface area contributed by atoms with Gasteiger partial charge < -0.3 is 13.8 Å². The van der Waals surface area contributed by atoms with E-state index >= 15 is 0 Å². The van der Waals surface area contributed by atoms with Gasteiger partial charge in [-0.2, -0.15) is 12.8 Å². The maximum atomic E-state index is 4.14. The molecule has 19 heavy (non-hydrogen) atoms. The normalized spacial score (nSPS) is 12.9. The first kappa shape index (κ1) is 24.6. The maximum Gasteiger partial charge on any atom is 2.00 e. The molecule has 0 aliphatic carbocycles. The molecule has 0 heterocycles. The van der Waals surface area contributed by atoms with Crippen LogP contribution < -0.4 is 0 Å². The fourth-order valence-electron chi connectivity index (χ4n) is 2.38. The molecule has 0 fully saturated rings. The van der Waals surface area contributed by atoms with Crippen molar-refractivity contribution in [2.45, 2.75) is 91.9 Å². The molecule has 0 aliphatic heterocycles. The summed E-state index contributed by atoms with van der Waals surface area (Å²) in [6.45, 7) is 16.0. The molecule has 0 aromatic heterocycles. The van der Waals surface area contributed by atoms with Gasteiger partial charge >= 0.3 is 19.5 Å². The summed E-state index contributed by atoms with van der Waals surface area (Å²) in [5, 5.41) is 0. The molecule has 0 bridgehead atoms. The van der Waals surface area contributed by atoms with Crippen LogP contribution in [-0.4, -0.2) is 0 Å². The molecule has 0 spiro atoms. The molecule has 0 aliphatic rings. The summed E-state index contributed by atoms with van der Waals surface area (Å²) in [7, 11) is 0. The van der Waals surface area contributed by atoms with Gasteiger partial charge in [0.15, 0.2) is 0 Å². The van der Waals surface area contributed by atoms with Gasteiger partial charge in [-0.25, -0.2) is 0 Å².